The quantitative estimate of drug-likeness (QED) is 0.800. The van der Waals surface area contributed by atoms with Gasteiger partial charge in [-0.3, -0.25) is 9.69 Å². The smallest absolute Gasteiger partial charge is 0.289 e. The van der Waals surface area contributed by atoms with Gasteiger partial charge in [0.1, 0.15) is 0 Å². The van der Waals surface area contributed by atoms with Crippen molar-refractivity contribution in [1.29, 1.82) is 0 Å². The van der Waals surface area contributed by atoms with Crippen molar-refractivity contribution in [2.24, 2.45) is 0 Å². The summed E-state index contributed by atoms with van der Waals surface area (Å²) in [6.07, 6.45) is 3.96. The van der Waals surface area contributed by atoms with Gasteiger partial charge >= 0.3 is 0 Å². The number of carbonyl (C=O) groups excluding carboxylic acids is 1. The van der Waals surface area contributed by atoms with Crippen molar-refractivity contribution in [3.05, 3.63) is 24.2 Å². The highest BCUT2D eigenvalue weighted by atomic mass is 16.3. The molecule has 0 N–H and O–H groups in total. The molecular formula is C13H20N2O2. The second kappa shape index (κ2) is 5.36. The lowest BCUT2D eigenvalue weighted by Crippen LogP contribution is -2.41. The van der Waals surface area contributed by atoms with E-state index >= 15 is 0 Å². The van der Waals surface area contributed by atoms with Crippen LogP contribution < -0.4 is 0 Å². The van der Waals surface area contributed by atoms with Gasteiger partial charge in [-0.2, -0.15) is 0 Å². The molecular weight excluding hydrogens is 216 g/mol. The van der Waals surface area contributed by atoms with Gasteiger partial charge in [0.05, 0.1) is 6.26 Å². The molecule has 4 nitrogen and oxygen atoms in total. The Kier molecular flexibility index (Phi) is 3.84. The number of nitrogens with zero attached hydrogens (tertiary/aromatic N) is 2. The number of hydrogen-bond donors (Lipinski definition) is 0. The van der Waals surface area contributed by atoms with Crippen LogP contribution in [0.4, 0.5) is 0 Å². The zero-order chi connectivity index (χ0) is 12.3. The van der Waals surface area contributed by atoms with Crippen LogP contribution in [-0.4, -0.2) is 48.4 Å². The first-order valence-electron chi connectivity index (χ1n) is 6.25. The Balaban J connectivity index is 1.92. The monoisotopic (exact) mass is 236 g/mol. The van der Waals surface area contributed by atoms with Crippen LogP contribution in [0.15, 0.2) is 22.8 Å². The fraction of sp³-hybridized carbons (Fsp3) is 0.615. The van der Waals surface area contributed by atoms with E-state index in [9.17, 15) is 4.79 Å². The Hall–Kier alpha value is -1.29. The molecule has 1 aliphatic heterocycles. The Morgan fingerprint density at radius 1 is 1.65 bits per heavy atom. The molecule has 1 aliphatic rings. The molecule has 0 spiro atoms. The second-order valence-corrected chi connectivity index (χ2v) is 4.59. The van der Waals surface area contributed by atoms with Gasteiger partial charge in [0, 0.05) is 19.6 Å². The highest BCUT2D eigenvalue weighted by Crippen LogP contribution is 2.18. The molecule has 1 amide bonds. The number of hydrogen-bond acceptors (Lipinski definition) is 3. The molecule has 1 unspecified atom stereocenters. The summed E-state index contributed by atoms with van der Waals surface area (Å²) in [5.41, 5.74) is 0. The standard InChI is InChI=1S/C13H20N2O2/c1-3-15-8-4-6-11(15)10-14(2)13(16)12-7-5-9-17-12/h5,7,9,11H,3-4,6,8,10H2,1-2H3. The molecule has 0 aromatic carbocycles. The molecule has 94 valence electrons. The zero-order valence-corrected chi connectivity index (χ0v) is 10.6. The van der Waals surface area contributed by atoms with Crippen LogP contribution in [0.1, 0.15) is 30.3 Å². The molecule has 1 atom stereocenters. The van der Waals surface area contributed by atoms with Gasteiger partial charge in [-0.1, -0.05) is 6.92 Å². The summed E-state index contributed by atoms with van der Waals surface area (Å²) in [6.45, 7) is 5.18. The molecule has 17 heavy (non-hydrogen) atoms. The zero-order valence-electron chi connectivity index (χ0n) is 10.6. The Bertz CT molecular complexity index is 362. The predicted molar refractivity (Wildman–Crippen MR) is 65.9 cm³/mol. The summed E-state index contributed by atoms with van der Waals surface area (Å²) in [4.78, 5) is 16.2. The van der Waals surface area contributed by atoms with Gasteiger partial charge in [-0.25, -0.2) is 0 Å². The van der Waals surface area contributed by atoms with Gasteiger partial charge < -0.3 is 9.32 Å². The lowest BCUT2D eigenvalue weighted by atomic mass is 10.2. The number of likely N-dealkylation sites (N-methyl/N-ethyl adjacent to an activating group) is 2. The molecule has 2 rings (SSSR count). The molecule has 0 radical (unpaired) electrons. The third-order valence-corrected chi connectivity index (χ3v) is 3.47. The minimum atomic E-state index is -0.0297. The molecule has 0 bridgehead atoms. The minimum Gasteiger partial charge on any atom is -0.459 e. The lowest BCUT2D eigenvalue weighted by molar-refractivity contribution is 0.0723. The first kappa shape index (κ1) is 12.2. The van der Waals surface area contributed by atoms with Gasteiger partial charge in [-0.05, 0) is 38.1 Å². The van der Waals surface area contributed by atoms with Crippen molar-refractivity contribution < 1.29 is 9.21 Å². The highest BCUT2D eigenvalue weighted by molar-refractivity contribution is 5.91. The summed E-state index contributed by atoms with van der Waals surface area (Å²) in [6, 6.07) is 3.96. The molecule has 0 aliphatic carbocycles. The van der Waals surface area contributed by atoms with Gasteiger partial charge in [0.15, 0.2) is 5.76 Å². The van der Waals surface area contributed by atoms with E-state index in [-0.39, 0.29) is 5.91 Å². The fourth-order valence-corrected chi connectivity index (χ4v) is 2.51. The average molecular weight is 236 g/mol. The van der Waals surface area contributed by atoms with E-state index < -0.39 is 0 Å². The summed E-state index contributed by atoms with van der Waals surface area (Å²) in [5, 5.41) is 0. The fourth-order valence-electron chi connectivity index (χ4n) is 2.51. The molecule has 1 fully saturated rings. The maximum Gasteiger partial charge on any atom is 0.289 e. The molecule has 1 saturated heterocycles. The van der Waals surface area contributed by atoms with Gasteiger partial charge in [-0.15, -0.1) is 0 Å². The molecule has 0 saturated carbocycles. The van der Waals surface area contributed by atoms with Crippen LogP contribution in [0.3, 0.4) is 0 Å². The summed E-state index contributed by atoms with van der Waals surface area (Å²) < 4.78 is 5.13. The van der Waals surface area contributed by atoms with Crippen molar-refractivity contribution in [1.82, 2.24) is 9.80 Å². The molecule has 4 heteroatoms. The normalized spacial score (nSPS) is 20.7. The lowest BCUT2D eigenvalue weighted by Gasteiger charge is -2.27. The molecule has 1 aromatic rings. The van der Waals surface area contributed by atoms with E-state index in [1.165, 1.54) is 19.1 Å². The van der Waals surface area contributed by atoms with E-state index in [0.29, 0.717) is 11.8 Å². The number of rotatable bonds is 4. The van der Waals surface area contributed by atoms with Gasteiger partial charge in [0.25, 0.3) is 5.91 Å². The van der Waals surface area contributed by atoms with Crippen molar-refractivity contribution in [2.45, 2.75) is 25.8 Å². The van der Waals surface area contributed by atoms with E-state index in [2.05, 4.69) is 11.8 Å². The molecule has 1 aromatic heterocycles. The van der Waals surface area contributed by atoms with E-state index in [1.54, 1.807) is 17.0 Å². The van der Waals surface area contributed by atoms with Crippen molar-refractivity contribution in [2.75, 3.05) is 26.7 Å². The summed E-state index contributed by atoms with van der Waals surface area (Å²) >= 11 is 0. The van der Waals surface area contributed by atoms with Gasteiger partial charge in [0.2, 0.25) is 0 Å². The second-order valence-electron chi connectivity index (χ2n) is 4.59. The average Bonchev–Trinajstić information content (AvgIpc) is 2.98. The van der Waals surface area contributed by atoms with Crippen molar-refractivity contribution in [3.63, 3.8) is 0 Å². The minimum absolute atomic E-state index is 0.0297. The maximum absolute atomic E-state index is 12.0. The first-order valence-corrected chi connectivity index (χ1v) is 6.25. The Morgan fingerprint density at radius 3 is 3.12 bits per heavy atom. The number of likely N-dealkylation sites (tertiary alicyclic amines) is 1. The third kappa shape index (κ3) is 2.69. The van der Waals surface area contributed by atoms with Crippen LogP contribution in [0.5, 0.6) is 0 Å². The maximum atomic E-state index is 12.0. The van der Waals surface area contributed by atoms with E-state index in [0.717, 1.165) is 19.6 Å². The Morgan fingerprint density at radius 2 is 2.47 bits per heavy atom. The Labute approximate surface area is 102 Å². The van der Waals surface area contributed by atoms with Crippen molar-refractivity contribution >= 4 is 5.91 Å². The number of furan rings is 1. The van der Waals surface area contributed by atoms with Crippen LogP contribution in [0, 0.1) is 0 Å². The van der Waals surface area contributed by atoms with E-state index in [4.69, 9.17) is 4.42 Å². The summed E-state index contributed by atoms with van der Waals surface area (Å²) in [5.74, 6) is 0.395. The largest absolute Gasteiger partial charge is 0.459 e. The van der Waals surface area contributed by atoms with Crippen LogP contribution in [0.25, 0.3) is 0 Å². The van der Waals surface area contributed by atoms with Crippen LogP contribution in [-0.2, 0) is 0 Å². The third-order valence-electron chi connectivity index (χ3n) is 3.47. The number of amides is 1. The summed E-state index contributed by atoms with van der Waals surface area (Å²) in [7, 11) is 1.84. The van der Waals surface area contributed by atoms with Crippen LogP contribution in [0.2, 0.25) is 0 Å². The van der Waals surface area contributed by atoms with Crippen molar-refractivity contribution in [3.8, 4) is 0 Å². The SMILES string of the molecule is CCN1CCCC1CN(C)C(=O)c1ccco1. The highest BCUT2D eigenvalue weighted by Gasteiger charge is 2.26. The topological polar surface area (TPSA) is 36.7 Å². The van der Waals surface area contributed by atoms with Crippen LogP contribution >= 0.6 is 0 Å². The first-order chi connectivity index (χ1) is 8.22. The number of carbonyl (C=O) groups is 1. The van der Waals surface area contributed by atoms with E-state index in [1.807, 2.05) is 7.05 Å². The predicted octanol–water partition coefficient (Wildman–Crippen LogP) is 1.84. The molecule has 2 heterocycles.